The Bertz CT molecular complexity index is 379. The second kappa shape index (κ2) is 5.60. The van der Waals surface area contributed by atoms with E-state index < -0.39 is 12.8 Å². The first-order valence-corrected chi connectivity index (χ1v) is 5.40. The molecule has 0 bridgehead atoms. The van der Waals surface area contributed by atoms with Gasteiger partial charge in [-0.15, -0.1) is 0 Å². The number of halogens is 4. The van der Waals surface area contributed by atoms with Crippen LogP contribution in [-0.2, 0) is 6.42 Å². The zero-order valence-corrected chi connectivity index (χ0v) is 9.98. The second-order valence-corrected chi connectivity index (χ2v) is 4.22. The van der Waals surface area contributed by atoms with Crippen molar-refractivity contribution in [3.63, 3.8) is 0 Å². The summed E-state index contributed by atoms with van der Waals surface area (Å²) < 4.78 is 40.9. The molecule has 1 rings (SSSR count). The number of hydrogen-bond acceptors (Lipinski definition) is 2. The quantitative estimate of drug-likeness (QED) is 0.909. The van der Waals surface area contributed by atoms with Crippen molar-refractivity contribution in [2.24, 2.45) is 5.73 Å². The van der Waals surface area contributed by atoms with E-state index in [9.17, 15) is 13.2 Å². The van der Waals surface area contributed by atoms with Crippen molar-refractivity contribution in [3.8, 4) is 5.75 Å². The van der Waals surface area contributed by atoms with Crippen LogP contribution in [-0.4, -0.2) is 18.8 Å². The van der Waals surface area contributed by atoms with E-state index in [0.29, 0.717) is 12.0 Å². The summed E-state index contributed by atoms with van der Waals surface area (Å²) in [5.74, 6) is 0.0591. The summed E-state index contributed by atoms with van der Waals surface area (Å²) in [6, 6.07) is 4.61. The summed E-state index contributed by atoms with van der Waals surface area (Å²) in [5, 5.41) is 0.160. The van der Waals surface area contributed by atoms with Crippen LogP contribution in [0.4, 0.5) is 13.2 Å². The first kappa shape index (κ1) is 14.1. The first-order valence-electron chi connectivity index (χ1n) is 5.02. The van der Waals surface area contributed by atoms with E-state index in [1.165, 1.54) is 6.07 Å². The number of ether oxygens (including phenoxy) is 1. The Balaban J connectivity index is 2.88. The van der Waals surface area contributed by atoms with E-state index in [4.69, 9.17) is 22.1 Å². The van der Waals surface area contributed by atoms with Gasteiger partial charge in [-0.2, -0.15) is 13.2 Å². The first-order chi connectivity index (χ1) is 7.79. The van der Waals surface area contributed by atoms with Crippen molar-refractivity contribution in [2.75, 3.05) is 6.61 Å². The Labute approximate surface area is 103 Å². The molecule has 0 aromatic heterocycles. The van der Waals surface area contributed by atoms with Gasteiger partial charge >= 0.3 is 6.18 Å². The van der Waals surface area contributed by atoms with Crippen LogP contribution in [0.5, 0.6) is 5.75 Å². The molecule has 0 saturated carbocycles. The molecule has 1 aromatic rings. The molecule has 1 unspecified atom stereocenters. The molecule has 0 heterocycles. The Hall–Kier alpha value is -0.940. The van der Waals surface area contributed by atoms with Gasteiger partial charge in [0.25, 0.3) is 0 Å². The third-order valence-corrected chi connectivity index (χ3v) is 2.27. The monoisotopic (exact) mass is 267 g/mol. The maximum atomic E-state index is 12.1. The predicted molar refractivity (Wildman–Crippen MR) is 60.4 cm³/mol. The van der Waals surface area contributed by atoms with Gasteiger partial charge < -0.3 is 10.5 Å². The molecular formula is C11H13ClF3NO. The third-order valence-electron chi connectivity index (χ3n) is 1.97. The lowest BCUT2D eigenvalue weighted by atomic mass is 10.1. The predicted octanol–water partition coefficient (Wildman–Crippen LogP) is 3.17. The zero-order chi connectivity index (χ0) is 13.1. The van der Waals surface area contributed by atoms with Crippen LogP contribution in [0.2, 0.25) is 5.02 Å². The molecule has 0 aliphatic rings. The standard InChI is InChI=1S/C11H13ClF3NO/c1-7(16)5-8-3-2-4-9(12)10(8)17-6-11(13,14)15/h2-4,7H,5-6,16H2,1H3. The second-order valence-electron chi connectivity index (χ2n) is 3.81. The zero-order valence-electron chi connectivity index (χ0n) is 9.22. The summed E-state index contributed by atoms with van der Waals surface area (Å²) in [6.07, 6.45) is -3.97. The van der Waals surface area contributed by atoms with E-state index in [0.717, 1.165) is 0 Å². The Morgan fingerprint density at radius 3 is 2.59 bits per heavy atom. The molecule has 0 aliphatic heterocycles. The van der Waals surface area contributed by atoms with Crippen molar-refractivity contribution < 1.29 is 17.9 Å². The molecule has 2 nitrogen and oxygen atoms in total. The summed E-state index contributed by atoms with van der Waals surface area (Å²) in [6.45, 7) is 0.400. The lowest BCUT2D eigenvalue weighted by Gasteiger charge is -2.15. The average Bonchev–Trinajstić information content (AvgIpc) is 2.14. The van der Waals surface area contributed by atoms with E-state index in [-0.39, 0.29) is 16.8 Å². The maximum absolute atomic E-state index is 12.1. The molecule has 0 amide bonds. The molecular weight excluding hydrogens is 255 g/mol. The molecule has 0 spiro atoms. The summed E-state index contributed by atoms with van der Waals surface area (Å²) in [7, 11) is 0. The SMILES string of the molecule is CC(N)Cc1cccc(Cl)c1OCC(F)(F)F. The van der Waals surface area contributed by atoms with Crippen molar-refractivity contribution >= 4 is 11.6 Å². The number of benzene rings is 1. The largest absolute Gasteiger partial charge is 0.482 e. The fourth-order valence-corrected chi connectivity index (χ4v) is 1.63. The van der Waals surface area contributed by atoms with Crippen LogP contribution in [0.15, 0.2) is 18.2 Å². The van der Waals surface area contributed by atoms with Crippen LogP contribution in [0.1, 0.15) is 12.5 Å². The topological polar surface area (TPSA) is 35.2 Å². The van der Waals surface area contributed by atoms with Gasteiger partial charge in [0.15, 0.2) is 6.61 Å². The van der Waals surface area contributed by atoms with Crippen LogP contribution >= 0.6 is 11.6 Å². The van der Waals surface area contributed by atoms with Gasteiger partial charge in [0, 0.05) is 6.04 Å². The lowest BCUT2D eigenvalue weighted by molar-refractivity contribution is -0.153. The van der Waals surface area contributed by atoms with Crippen molar-refractivity contribution in [2.45, 2.75) is 25.6 Å². The van der Waals surface area contributed by atoms with Crippen LogP contribution in [0, 0.1) is 0 Å². The minimum absolute atomic E-state index is 0.0591. The molecule has 17 heavy (non-hydrogen) atoms. The summed E-state index contributed by atoms with van der Waals surface area (Å²) in [5.41, 5.74) is 6.18. The highest BCUT2D eigenvalue weighted by Gasteiger charge is 2.29. The van der Waals surface area contributed by atoms with E-state index in [1.807, 2.05) is 0 Å². The van der Waals surface area contributed by atoms with Crippen LogP contribution in [0.3, 0.4) is 0 Å². The summed E-state index contributed by atoms with van der Waals surface area (Å²) in [4.78, 5) is 0. The number of nitrogens with two attached hydrogens (primary N) is 1. The number of rotatable bonds is 4. The van der Waals surface area contributed by atoms with E-state index in [2.05, 4.69) is 0 Å². The minimum Gasteiger partial charge on any atom is -0.482 e. The number of hydrogen-bond donors (Lipinski definition) is 1. The van der Waals surface area contributed by atoms with E-state index in [1.54, 1.807) is 19.1 Å². The molecule has 2 N–H and O–H groups in total. The molecule has 1 aromatic carbocycles. The maximum Gasteiger partial charge on any atom is 0.422 e. The van der Waals surface area contributed by atoms with Gasteiger partial charge in [-0.3, -0.25) is 0 Å². The Kier molecular flexibility index (Phi) is 4.65. The van der Waals surface area contributed by atoms with E-state index >= 15 is 0 Å². The fourth-order valence-electron chi connectivity index (χ4n) is 1.38. The minimum atomic E-state index is -4.38. The molecule has 6 heteroatoms. The van der Waals surface area contributed by atoms with Crippen LogP contribution < -0.4 is 10.5 Å². The molecule has 96 valence electrons. The van der Waals surface area contributed by atoms with Gasteiger partial charge in [0.1, 0.15) is 5.75 Å². The van der Waals surface area contributed by atoms with Crippen molar-refractivity contribution in [3.05, 3.63) is 28.8 Å². The van der Waals surface area contributed by atoms with Gasteiger partial charge in [0.2, 0.25) is 0 Å². The smallest absolute Gasteiger partial charge is 0.422 e. The van der Waals surface area contributed by atoms with Crippen molar-refractivity contribution in [1.29, 1.82) is 0 Å². The fraction of sp³-hybridized carbons (Fsp3) is 0.455. The Morgan fingerprint density at radius 2 is 2.06 bits per heavy atom. The van der Waals surface area contributed by atoms with Crippen molar-refractivity contribution in [1.82, 2.24) is 0 Å². The molecule has 1 atom stereocenters. The molecule has 0 radical (unpaired) electrons. The lowest BCUT2D eigenvalue weighted by Crippen LogP contribution is -2.22. The van der Waals surface area contributed by atoms with Gasteiger partial charge in [-0.1, -0.05) is 23.7 Å². The van der Waals surface area contributed by atoms with Crippen LogP contribution in [0.25, 0.3) is 0 Å². The average molecular weight is 268 g/mol. The summed E-state index contributed by atoms with van der Waals surface area (Å²) >= 11 is 5.81. The number of para-hydroxylation sites is 1. The van der Waals surface area contributed by atoms with Gasteiger partial charge in [-0.05, 0) is 25.0 Å². The number of alkyl halides is 3. The van der Waals surface area contributed by atoms with Gasteiger partial charge in [0.05, 0.1) is 5.02 Å². The van der Waals surface area contributed by atoms with Gasteiger partial charge in [-0.25, -0.2) is 0 Å². The highest BCUT2D eigenvalue weighted by molar-refractivity contribution is 6.32. The third kappa shape index (κ3) is 4.83. The molecule has 0 aliphatic carbocycles. The normalized spacial score (nSPS) is 13.5. The molecule has 0 saturated heterocycles. The highest BCUT2D eigenvalue weighted by atomic mass is 35.5. The Morgan fingerprint density at radius 1 is 1.41 bits per heavy atom. The molecule has 0 fully saturated rings. The highest BCUT2D eigenvalue weighted by Crippen LogP contribution is 2.31.